The van der Waals surface area contributed by atoms with Gasteiger partial charge in [0, 0.05) is 16.5 Å². The van der Waals surface area contributed by atoms with Crippen molar-refractivity contribution >= 4 is 17.3 Å². The van der Waals surface area contributed by atoms with E-state index >= 15 is 0 Å². The van der Waals surface area contributed by atoms with Crippen LogP contribution in [0.5, 0.6) is 0 Å². The van der Waals surface area contributed by atoms with Crippen molar-refractivity contribution in [3.63, 3.8) is 0 Å². The average molecular weight is 292 g/mol. The Kier molecular flexibility index (Phi) is 4.10. The standard InChI is InChI=1S/C20H20O2/c1-14(2)3-4-15-7-10-19-18(11-15)12-20(22-19)17-8-5-16(13-21)6-9-17/h5-14H,3-4H2,1-2H3. The highest BCUT2D eigenvalue weighted by Crippen LogP contribution is 2.29. The first-order valence-electron chi connectivity index (χ1n) is 7.74. The molecule has 0 aliphatic carbocycles. The van der Waals surface area contributed by atoms with E-state index in [2.05, 4.69) is 32.0 Å². The Bertz CT molecular complexity index is 779. The van der Waals surface area contributed by atoms with Gasteiger partial charge >= 0.3 is 0 Å². The van der Waals surface area contributed by atoms with Gasteiger partial charge in [-0.15, -0.1) is 0 Å². The van der Waals surface area contributed by atoms with Crippen LogP contribution in [0.1, 0.15) is 36.2 Å². The zero-order valence-corrected chi connectivity index (χ0v) is 13.0. The number of hydrogen-bond donors (Lipinski definition) is 0. The molecule has 2 aromatic carbocycles. The first kappa shape index (κ1) is 14.6. The Morgan fingerprint density at radius 1 is 1.05 bits per heavy atom. The largest absolute Gasteiger partial charge is 0.456 e. The monoisotopic (exact) mass is 292 g/mol. The number of fused-ring (bicyclic) bond motifs is 1. The van der Waals surface area contributed by atoms with E-state index < -0.39 is 0 Å². The summed E-state index contributed by atoms with van der Waals surface area (Å²) in [5.74, 6) is 1.56. The summed E-state index contributed by atoms with van der Waals surface area (Å²) in [7, 11) is 0. The Hall–Kier alpha value is -2.35. The molecule has 0 spiro atoms. The number of carbonyl (C=O) groups is 1. The van der Waals surface area contributed by atoms with Gasteiger partial charge in [0.1, 0.15) is 17.6 Å². The van der Waals surface area contributed by atoms with Crippen LogP contribution in [-0.4, -0.2) is 6.29 Å². The first-order valence-corrected chi connectivity index (χ1v) is 7.74. The lowest BCUT2D eigenvalue weighted by Gasteiger charge is -2.04. The molecule has 1 heterocycles. The zero-order valence-electron chi connectivity index (χ0n) is 13.0. The van der Waals surface area contributed by atoms with Crippen LogP contribution in [0.25, 0.3) is 22.3 Å². The minimum absolute atomic E-state index is 0.677. The van der Waals surface area contributed by atoms with E-state index in [1.807, 2.05) is 30.3 Å². The molecule has 0 bridgehead atoms. The number of furan rings is 1. The van der Waals surface area contributed by atoms with Crippen LogP contribution in [0.15, 0.2) is 52.9 Å². The van der Waals surface area contributed by atoms with Crippen molar-refractivity contribution in [1.29, 1.82) is 0 Å². The third-order valence-corrected chi connectivity index (χ3v) is 3.92. The summed E-state index contributed by atoms with van der Waals surface area (Å²) in [6, 6.07) is 15.9. The van der Waals surface area contributed by atoms with Gasteiger partial charge in [-0.3, -0.25) is 4.79 Å². The van der Waals surface area contributed by atoms with E-state index in [9.17, 15) is 4.79 Å². The average Bonchev–Trinajstić information content (AvgIpc) is 2.96. The van der Waals surface area contributed by atoms with Crippen molar-refractivity contribution in [2.24, 2.45) is 5.92 Å². The number of aryl methyl sites for hydroxylation is 1. The maximum Gasteiger partial charge on any atom is 0.150 e. The van der Waals surface area contributed by atoms with Crippen LogP contribution < -0.4 is 0 Å². The lowest BCUT2D eigenvalue weighted by Crippen LogP contribution is -1.91. The molecule has 0 fully saturated rings. The molecule has 3 rings (SSSR count). The third-order valence-electron chi connectivity index (χ3n) is 3.92. The first-order chi connectivity index (χ1) is 10.7. The summed E-state index contributed by atoms with van der Waals surface area (Å²) in [5.41, 5.74) is 3.92. The highest BCUT2D eigenvalue weighted by Gasteiger charge is 2.07. The normalized spacial score (nSPS) is 11.2. The second-order valence-corrected chi connectivity index (χ2v) is 6.16. The van der Waals surface area contributed by atoms with Crippen LogP contribution in [0.2, 0.25) is 0 Å². The molecule has 0 atom stereocenters. The Morgan fingerprint density at radius 3 is 2.50 bits per heavy atom. The number of carbonyl (C=O) groups excluding carboxylic acids is 1. The fourth-order valence-electron chi connectivity index (χ4n) is 2.57. The highest BCUT2D eigenvalue weighted by atomic mass is 16.3. The molecule has 0 aliphatic rings. The molecule has 0 saturated heterocycles. The number of benzene rings is 2. The van der Waals surface area contributed by atoms with Crippen molar-refractivity contribution in [3.05, 3.63) is 59.7 Å². The van der Waals surface area contributed by atoms with Gasteiger partial charge in [-0.2, -0.15) is 0 Å². The summed E-state index contributed by atoms with van der Waals surface area (Å²) in [5, 5.41) is 1.13. The van der Waals surface area contributed by atoms with E-state index in [-0.39, 0.29) is 0 Å². The SMILES string of the molecule is CC(C)CCc1ccc2oc(-c3ccc(C=O)cc3)cc2c1. The smallest absolute Gasteiger partial charge is 0.150 e. The molecule has 2 heteroatoms. The van der Waals surface area contributed by atoms with Gasteiger partial charge in [0.15, 0.2) is 0 Å². The van der Waals surface area contributed by atoms with Crippen LogP contribution in [0.3, 0.4) is 0 Å². The van der Waals surface area contributed by atoms with Crippen molar-refractivity contribution in [1.82, 2.24) is 0 Å². The highest BCUT2D eigenvalue weighted by molar-refractivity contribution is 5.84. The molecule has 2 nitrogen and oxygen atoms in total. The molecule has 0 aliphatic heterocycles. The van der Waals surface area contributed by atoms with E-state index in [1.165, 1.54) is 12.0 Å². The van der Waals surface area contributed by atoms with Gasteiger partial charge in [-0.1, -0.05) is 44.2 Å². The summed E-state index contributed by atoms with van der Waals surface area (Å²) in [6.07, 6.45) is 3.15. The van der Waals surface area contributed by atoms with E-state index in [1.54, 1.807) is 0 Å². The molecule has 22 heavy (non-hydrogen) atoms. The van der Waals surface area contributed by atoms with E-state index in [0.29, 0.717) is 11.5 Å². The third kappa shape index (κ3) is 3.11. The minimum atomic E-state index is 0.677. The molecule has 0 radical (unpaired) electrons. The number of hydrogen-bond acceptors (Lipinski definition) is 2. The summed E-state index contributed by atoms with van der Waals surface area (Å²) in [6.45, 7) is 4.49. The van der Waals surface area contributed by atoms with Crippen molar-refractivity contribution in [2.45, 2.75) is 26.7 Å². The molecule has 0 N–H and O–H groups in total. The Labute approximate surface area is 130 Å². The second-order valence-electron chi connectivity index (χ2n) is 6.16. The van der Waals surface area contributed by atoms with Crippen LogP contribution in [-0.2, 0) is 6.42 Å². The van der Waals surface area contributed by atoms with Crippen molar-refractivity contribution in [2.75, 3.05) is 0 Å². The lowest BCUT2D eigenvalue weighted by molar-refractivity contribution is 0.112. The quantitative estimate of drug-likeness (QED) is 0.581. The second kappa shape index (κ2) is 6.18. The maximum absolute atomic E-state index is 10.7. The van der Waals surface area contributed by atoms with Gasteiger partial charge in [-0.25, -0.2) is 0 Å². The molecule has 112 valence electrons. The molecular weight excluding hydrogens is 272 g/mol. The maximum atomic E-state index is 10.7. The Balaban J connectivity index is 1.89. The predicted octanol–water partition coefficient (Wildman–Crippen LogP) is 5.50. The van der Waals surface area contributed by atoms with Crippen molar-refractivity contribution in [3.8, 4) is 11.3 Å². The van der Waals surface area contributed by atoms with Crippen LogP contribution >= 0.6 is 0 Å². The Morgan fingerprint density at radius 2 is 1.82 bits per heavy atom. The fraction of sp³-hybridized carbons (Fsp3) is 0.250. The van der Waals surface area contributed by atoms with Crippen LogP contribution in [0.4, 0.5) is 0 Å². The minimum Gasteiger partial charge on any atom is -0.456 e. The lowest BCUT2D eigenvalue weighted by atomic mass is 10.0. The van der Waals surface area contributed by atoms with Crippen molar-refractivity contribution < 1.29 is 9.21 Å². The van der Waals surface area contributed by atoms with Gasteiger partial charge in [0.05, 0.1) is 0 Å². The predicted molar refractivity (Wildman–Crippen MR) is 90.2 cm³/mol. The summed E-state index contributed by atoms with van der Waals surface area (Å²) < 4.78 is 5.92. The molecule has 0 amide bonds. The van der Waals surface area contributed by atoms with Gasteiger partial charge in [-0.05, 0) is 42.5 Å². The van der Waals surface area contributed by atoms with Gasteiger partial charge < -0.3 is 4.42 Å². The fourth-order valence-corrected chi connectivity index (χ4v) is 2.57. The molecule has 0 saturated carbocycles. The van der Waals surface area contributed by atoms with Gasteiger partial charge in [0.2, 0.25) is 0 Å². The number of rotatable bonds is 5. The van der Waals surface area contributed by atoms with E-state index in [0.717, 1.165) is 35.0 Å². The molecule has 1 aromatic heterocycles. The zero-order chi connectivity index (χ0) is 15.5. The molecular formula is C20H20O2. The van der Waals surface area contributed by atoms with Gasteiger partial charge in [0.25, 0.3) is 0 Å². The summed E-state index contributed by atoms with van der Waals surface area (Å²) in [4.78, 5) is 10.7. The molecule has 3 aromatic rings. The summed E-state index contributed by atoms with van der Waals surface area (Å²) >= 11 is 0. The molecule has 0 unspecified atom stereocenters. The topological polar surface area (TPSA) is 30.2 Å². The number of aldehydes is 1. The van der Waals surface area contributed by atoms with Crippen LogP contribution in [0, 0.1) is 5.92 Å². The van der Waals surface area contributed by atoms with E-state index in [4.69, 9.17) is 4.42 Å².